The van der Waals surface area contributed by atoms with Gasteiger partial charge in [0, 0.05) is 12.6 Å². The zero-order valence-corrected chi connectivity index (χ0v) is 14.1. The minimum Gasteiger partial charge on any atom is -0.481 e. The molecule has 1 aliphatic rings. The van der Waals surface area contributed by atoms with E-state index in [1.165, 1.54) is 0 Å². The highest BCUT2D eigenvalue weighted by Crippen LogP contribution is 2.27. The van der Waals surface area contributed by atoms with Gasteiger partial charge in [0.25, 0.3) is 5.91 Å². The fourth-order valence-corrected chi connectivity index (χ4v) is 2.98. The number of carboxylic acids is 1. The Kier molecular flexibility index (Phi) is 5.88. The van der Waals surface area contributed by atoms with Gasteiger partial charge < -0.3 is 14.7 Å². The second kappa shape index (κ2) is 7.68. The van der Waals surface area contributed by atoms with Crippen molar-refractivity contribution in [3.05, 3.63) is 29.3 Å². The van der Waals surface area contributed by atoms with Crippen molar-refractivity contribution in [1.29, 1.82) is 0 Å². The number of likely N-dealkylation sites (tertiary alicyclic amines) is 1. The summed E-state index contributed by atoms with van der Waals surface area (Å²) in [5, 5.41) is 9.66. The second-order valence-corrected chi connectivity index (χ2v) is 6.30. The molecule has 1 aliphatic heterocycles. The molecule has 0 saturated carbocycles. The lowest BCUT2D eigenvalue weighted by molar-refractivity contribution is -0.150. The van der Waals surface area contributed by atoms with Gasteiger partial charge in [0.2, 0.25) is 0 Å². The van der Waals surface area contributed by atoms with E-state index in [1.54, 1.807) is 29.2 Å². The van der Waals surface area contributed by atoms with Gasteiger partial charge in [-0.1, -0.05) is 30.7 Å². The van der Waals surface area contributed by atoms with E-state index in [9.17, 15) is 14.7 Å². The maximum atomic E-state index is 12.8. The molecule has 126 valence electrons. The molecule has 6 heteroatoms. The molecule has 23 heavy (non-hydrogen) atoms. The number of aliphatic carboxylic acids is 1. The zero-order chi connectivity index (χ0) is 17.0. The Bertz CT molecular complexity index is 577. The Morgan fingerprint density at radius 2 is 2.09 bits per heavy atom. The quantitative estimate of drug-likeness (QED) is 0.894. The number of hydrogen-bond donors (Lipinski definition) is 1. The van der Waals surface area contributed by atoms with Gasteiger partial charge >= 0.3 is 5.97 Å². The van der Waals surface area contributed by atoms with Gasteiger partial charge in [0.15, 0.2) is 6.10 Å². The Morgan fingerprint density at radius 1 is 1.39 bits per heavy atom. The molecule has 0 aliphatic carbocycles. The van der Waals surface area contributed by atoms with Crippen LogP contribution >= 0.6 is 11.6 Å². The number of carboxylic acid groups (broad SMARTS) is 1. The van der Waals surface area contributed by atoms with Gasteiger partial charge in [-0.15, -0.1) is 0 Å². The van der Waals surface area contributed by atoms with Crippen LogP contribution < -0.4 is 4.74 Å². The number of carbonyl (C=O) groups excluding carboxylic acids is 1. The molecule has 5 nitrogen and oxygen atoms in total. The molecule has 1 amide bonds. The number of piperidine rings is 1. The van der Waals surface area contributed by atoms with E-state index in [0.29, 0.717) is 30.0 Å². The first kappa shape index (κ1) is 17.6. The molecule has 1 saturated heterocycles. The van der Waals surface area contributed by atoms with Crippen molar-refractivity contribution in [3.8, 4) is 5.75 Å². The van der Waals surface area contributed by atoms with Crippen molar-refractivity contribution in [2.45, 2.75) is 45.3 Å². The van der Waals surface area contributed by atoms with Crippen LogP contribution in [0.3, 0.4) is 0 Å². The molecule has 2 rings (SSSR count). The van der Waals surface area contributed by atoms with Crippen LogP contribution in [0.25, 0.3) is 0 Å². The van der Waals surface area contributed by atoms with Crippen LogP contribution in [0.1, 0.15) is 33.1 Å². The summed E-state index contributed by atoms with van der Waals surface area (Å²) in [4.78, 5) is 25.6. The van der Waals surface area contributed by atoms with Crippen LogP contribution in [0.4, 0.5) is 0 Å². The van der Waals surface area contributed by atoms with Crippen molar-refractivity contribution < 1.29 is 19.4 Å². The molecule has 0 radical (unpaired) electrons. The summed E-state index contributed by atoms with van der Waals surface area (Å²) in [6.45, 7) is 4.04. The molecule has 1 fully saturated rings. The van der Waals surface area contributed by atoms with E-state index in [-0.39, 0.29) is 18.5 Å². The number of rotatable bonds is 5. The Morgan fingerprint density at radius 3 is 2.70 bits per heavy atom. The van der Waals surface area contributed by atoms with Crippen molar-refractivity contribution in [1.82, 2.24) is 4.90 Å². The third kappa shape index (κ3) is 4.16. The predicted molar refractivity (Wildman–Crippen MR) is 87.7 cm³/mol. The smallest absolute Gasteiger partial charge is 0.308 e. The Balaban J connectivity index is 2.12. The highest BCUT2D eigenvalue weighted by molar-refractivity contribution is 6.32. The standard InChI is InChI=1S/C17H22ClNO4/c1-3-14(23-15-7-5-4-6-13(15)18)16(20)19-10-12(17(21)22)9-8-11(19)2/h4-7,11-12,14H,3,8-10H2,1-2H3,(H,21,22). The summed E-state index contributed by atoms with van der Waals surface area (Å²) in [6, 6.07) is 7.03. The van der Waals surface area contributed by atoms with Gasteiger partial charge in [0.1, 0.15) is 5.75 Å². The topological polar surface area (TPSA) is 66.8 Å². The normalized spacial score (nSPS) is 22.5. The van der Waals surface area contributed by atoms with Crippen molar-refractivity contribution in [2.24, 2.45) is 5.92 Å². The molecule has 1 aromatic rings. The summed E-state index contributed by atoms with van der Waals surface area (Å²) >= 11 is 6.08. The van der Waals surface area contributed by atoms with E-state index < -0.39 is 18.0 Å². The molecule has 3 atom stereocenters. The number of para-hydroxylation sites is 1. The summed E-state index contributed by atoms with van der Waals surface area (Å²) in [5.41, 5.74) is 0. The average Bonchev–Trinajstić information content (AvgIpc) is 2.53. The zero-order valence-electron chi connectivity index (χ0n) is 13.4. The van der Waals surface area contributed by atoms with Gasteiger partial charge in [0.05, 0.1) is 10.9 Å². The fraction of sp³-hybridized carbons (Fsp3) is 0.529. The molecule has 1 heterocycles. The monoisotopic (exact) mass is 339 g/mol. The van der Waals surface area contributed by atoms with Crippen LogP contribution in [-0.4, -0.2) is 40.6 Å². The molecular weight excluding hydrogens is 318 g/mol. The minimum absolute atomic E-state index is 0.0157. The largest absolute Gasteiger partial charge is 0.481 e. The van der Waals surface area contributed by atoms with Crippen molar-refractivity contribution in [3.63, 3.8) is 0 Å². The first-order chi connectivity index (χ1) is 10.9. The molecule has 0 spiro atoms. The van der Waals surface area contributed by atoms with Gasteiger partial charge in [-0.3, -0.25) is 9.59 Å². The van der Waals surface area contributed by atoms with Gasteiger partial charge in [-0.25, -0.2) is 0 Å². The molecular formula is C17H22ClNO4. The lowest BCUT2D eigenvalue weighted by Crippen LogP contribution is -2.52. The average molecular weight is 340 g/mol. The Hall–Kier alpha value is -1.75. The first-order valence-electron chi connectivity index (χ1n) is 7.88. The molecule has 0 aromatic heterocycles. The summed E-state index contributed by atoms with van der Waals surface area (Å²) in [7, 11) is 0. The van der Waals surface area contributed by atoms with Gasteiger partial charge in [-0.05, 0) is 38.3 Å². The summed E-state index contributed by atoms with van der Waals surface area (Å²) in [6.07, 6.45) is 1.11. The SMILES string of the molecule is CCC(Oc1ccccc1Cl)C(=O)N1CC(C(=O)O)CCC1C. The second-order valence-electron chi connectivity index (χ2n) is 5.90. The number of carbonyl (C=O) groups is 2. The van der Waals surface area contributed by atoms with E-state index >= 15 is 0 Å². The van der Waals surface area contributed by atoms with Crippen LogP contribution in [-0.2, 0) is 9.59 Å². The van der Waals surface area contributed by atoms with Crippen LogP contribution in [0.15, 0.2) is 24.3 Å². The fourth-order valence-electron chi connectivity index (χ4n) is 2.80. The highest BCUT2D eigenvalue weighted by atomic mass is 35.5. The van der Waals surface area contributed by atoms with E-state index in [0.717, 1.165) is 0 Å². The molecule has 1 aromatic carbocycles. The molecule has 0 bridgehead atoms. The van der Waals surface area contributed by atoms with Crippen LogP contribution in [0, 0.1) is 5.92 Å². The summed E-state index contributed by atoms with van der Waals surface area (Å²) in [5.74, 6) is -1.07. The maximum Gasteiger partial charge on any atom is 0.308 e. The third-order valence-electron chi connectivity index (χ3n) is 4.27. The minimum atomic E-state index is -0.852. The van der Waals surface area contributed by atoms with Crippen molar-refractivity contribution in [2.75, 3.05) is 6.54 Å². The van der Waals surface area contributed by atoms with E-state index in [4.69, 9.17) is 16.3 Å². The number of hydrogen-bond acceptors (Lipinski definition) is 3. The molecule has 1 N–H and O–H groups in total. The van der Waals surface area contributed by atoms with E-state index in [1.807, 2.05) is 13.8 Å². The maximum absolute atomic E-state index is 12.8. The number of amides is 1. The molecule has 3 unspecified atom stereocenters. The third-order valence-corrected chi connectivity index (χ3v) is 4.58. The number of ether oxygens (including phenoxy) is 1. The van der Waals surface area contributed by atoms with E-state index in [2.05, 4.69) is 0 Å². The van der Waals surface area contributed by atoms with Crippen LogP contribution in [0.5, 0.6) is 5.75 Å². The number of halogens is 1. The van der Waals surface area contributed by atoms with Crippen molar-refractivity contribution >= 4 is 23.5 Å². The lowest BCUT2D eigenvalue weighted by Gasteiger charge is -2.38. The summed E-state index contributed by atoms with van der Waals surface area (Å²) < 4.78 is 5.78. The Labute approximate surface area is 141 Å². The first-order valence-corrected chi connectivity index (χ1v) is 8.26. The highest BCUT2D eigenvalue weighted by Gasteiger charge is 2.35. The number of benzene rings is 1. The predicted octanol–water partition coefficient (Wildman–Crippen LogP) is 3.21. The number of nitrogens with zero attached hydrogens (tertiary/aromatic N) is 1. The van der Waals surface area contributed by atoms with Gasteiger partial charge in [-0.2, -0.15) is 0 Å². The lowest BCUT2D eigenvalue weighted by atomic mass is 9.93. The van der Waals surface area contributed by atoms with Crippen LogP contribution in [0.2, 0.25) is 5.02 Å².